The van der Waals surface area contributed by atoms with E-state index >= 15 is 0 Å². The lowest BCUT2D eigenvalue weighted by molar-refractivity contribution is 0.389. The molecule has 1 heterocycles. The second-order valence-electron chi connectivity index (χ2n) is 5.31. The van der Waals surface area contributed by atoms with E-state index in [0.717, 1.165) is 24.0 Å². The van der Waals surface area contributed by atoms with Crippen LogP contribution < -0.4 is 5.32 Å². The van der Waals surface area contributed by atoms with E-state index in [0.29, 0.717) is 12.4 Å². The van der Waals surface area contributed by atoms with Crippen LogP contribution in [0.15, 0.2) is 24.3 Å². The highest BCUT2D eigenvalue weighted by Crippen LogP contribution is 2.19. The molecule has 0 spiro atoms. The maximum absolute atomic E-state index is 9.49. The van der Waals surface area contributed by atoms with Crippen LogP contribution in [-0.2, 0) is 13.0 Å². The van der Waals surface area contributed by atoms with E-state index in [2.05, 4.69) is 29.4 Å². The third-order valence-corrected chi connectivity index (χ3v) is 3.46. The monoisotopic (exact) mass is 281 g/mol. The first-order valence-corrected chi connectivity index (χ1v) is 7.11. The fourth-order valence-electron chi connectivity index (χ4n) is 2.36. The molecule has 21 heavy (non-hydrogen) atoms. The molecule has 1 aromatic heterocycles. The van der Waals surface area contributed by atoms with Crippen LogP contribution in [0.2, 0.25) is 0 Å². The molecule has 2 rings (SSSR count). The summed E-state index contributed by atoms with van der Waals surface area (Å²) in [5, 5.41) is 21.7. The molecule has 2 aromatic rings. The molecule has 1 aromatic carbocycles. The topological polar surface area (TPSA) is 77.4 Å². The van der Waals surface area contributed by atoms with Gasteiger partial charge in [-0.15, -0.1) is 0 Å². The number of para-hydroxylation sites is 2. The predicted molar refractivity (Wildman–Crippen MR) is 81.4 cm³/mol. The second-order valence-corrected chi connectivity index (χ2v) is 5.31. The fraction of sp³-hybridized carbons (Fsp3) is 0.438. The average Bonchev–Trinajstić information content (AvgIpc) is 2.83. The number of nitriles is 2. The second kappa shape index (κ2) is 6.39. The molecule has 5 heteroatoms. The molecule has 0 aliphatic rings. The van der Waals surface area contributed by atoms with Crippen LogP contribution in [-0.4, -0.2) is 21.6 Å². The first-order valence-electron chi connectivity index (χ1n) is 7.11. The number of hydrogen-bond donors (Lipinski definition) is 1. The van der Waals surface area contributed by atoms with E-state index < -0.39 is 5.54 Å². The van der Waals surface area contributed by atoms with Gasteiger partial charge in [-0.1, -0.05) is 19.1 Å². The summed E-state index contributed by atoms with van der Waals surface area (Å²) in [6.07, 6.45) is 1.21. The van der Waals surface area contributed by atoms with Crippen molar-refractivity contribution in [1.29, 1.82) is 10.5 Å². The minimum absolute atomic E-state index is 0.240. The highest BCUT2D eigenvalue weighted by atomic mass is 15.1. The molecule has 0 radical (unpaired) electrons. The van der Waals surface area contributed by atoms with Crippen molar-refractivity contribution in [2.75, 3.05) is 6.54 Å². The predicted octanol–water partition coefficient (Wildman–Crippen LogP) is 2.38. The molecule has 0 aliphatic heterocycles. The van der Waals surface area contributed by atoms with Crippen molar-refractivity contribution in [1.82, 2.24) is 14.9 Å². The molecule has 0 fully saturated rings. The van der Waals surface area contributed by atoms with E-state index in [-0.39, 0.29) is 6.42 Å². The quantitative estimate of drug-likeness (QED) is 0.882. The summed E-state index contributed by atoms with van der Waals surface area (Å²) < 4.78 is 1.98. The zero-order valence-corrected chi connectivity index (χ0v) is 12.4. The number of nitrogens with zero attached hydrogens (tertiary/aromatic N) is 4. The van der Waals surface area contributed by atoms with E-state index in [1.807, 2.05) is 35.8 Å². The van der Waals surface area contributed by atoms with Gasteiger partial charge in [-0.2, -0.15) is 10.5 Å². The first kappa shape index (κ1) is 15.0. The molecule has 1 unspecified atom stereocenters. The fourth-order valence-corrected chi connectivity index (χ4v) is 2.36. The van der Waals surface area contributed by atoms with Crippen LogP contribution in [0.3, 0.4) is 0 Å². The summed E-state index contributed by atoms with van der Waals surface area (Å²) in [7, 11) is 0. The number of rotatable bonds is 6. The highest BCUT2D eigenvalue weighted by Gasteiger charge is 2.25. The number of hydrogen-bond acceptors (Lipinski definition) is 4. The molecular formula is C16H19N5. The molecule has 0 aliphatic carbocycles. The molecule has 1 N–H and O–H groups in total. The maximum Gasteiger partial charge on any atom is 0.124 e. The normalized spacial score (nSPS) is 13.5. The third kappa shape index (κ3) is 3.21. The van der Waals surface area contributed by atoms with Gasteiger partial charge in [0.1, 0.15) is 11.4 Å². The summed E-state index contributed by atoms with van der Waals surface area (Å²) in [6, 6.07) is 12.3. The number of benzene rings is 1. The largest absolute Gasteiger partial charge is 0.324 e. The van der Waals surface area contributed by atoms with Crippen molar-refractivity contribution in [3.05, 3.63) is 30.1 Å². The van der Waals surface area contributed by atoms with Gasteiger partial charge in [0.15, 0.2) is 0 Å². The molecule has 0 saturated heterocycles. The lowest BCUT2D eigenvalue weighted by Crippen LogP contribution is -2.45. The van der Waals surface area contributed by atoms with E-state index in [1.54, 1.807) is 0 Å². The lowest BCUT2D eigenvalue weighted by Gasteiger charge is -2.24. The Bertz CT molecular complexity index is 704. The van der Waals surface area contributed by atoms with Crippen LogP contribution in [0.1, 0.15) is 26.1 Å². The van der Waals surface area contributed by atoms with E-state index in [4.69, 9.17) is 5.26 Å². The van der Waals surface area contributed by atoms with Gasteiger partial charge in [-0.25, -0.2) is 4.98 Å². The van der Waals surface area contributed by atoms with Gasteiger partial charge < -0.3 is 4.57 Å². The minimum Gasteiger partial charge on any atom is -0.324 e. The smallest absolute Gasteiger partial charge is 0.124 e. The Kier molecular flexibility index (Phi) is 4.57. The van der Waals surface area contributed by atoms with Crippen molar-refractivity contribution < 1.29 is 0 Å². The maximum atomic E-state index is 9.49. The molecule has 0 bridgehead atoms. The molecular weight excluding hydrogens is 262 g/mol. The van der Waals surface area contributed by atoms with Crippen molar-refractivity contribution >= 4 is 11.0 Å². The van der Waals surface area contributed by atoms with Gasteiger partial charge in [0.25, 0.3) is 0 Å². The summed E-state index contributed by atoms with van der Waals surface area (Å²) in [5.74, 6) is 0.707. The number of fused-ring (bicyclic) bond motifs is 1. The number of aromatic nitrogens is 2. The van der Waals surface area contributed by atoms with Crippen molar-refractivity contribution in [3.8, 4) is 12.1 Å². The average molecular weight is 281 g/mol. The van der Waals surface area contributed by atoms with Crippen molar-refractivity contribution in [3.63, 3.8) is 0 Å². The van der Waals surface area contributed by atoms with Gasteiger partial charge in [-0.3, -0.25) is 5.32 Å². The highest BCUT2D eigenvalue weighted by molar-refractivity contribution is 5.76. The molecule has 5 nitrogen and oxygen atoms in total. The van der Waals surface area contributed by atoms with Gasteiger partial charge in [0, 0.05) is 0 Å². The Labute approximate surface area is 124 Å². The van der Waals surface area contributed by atoms with E-state index in [9.17, 15) is 5.26 Å². The third-order valence-electron chi connectivity index (χ3n) is 3.46. The summed E-state index contributed by atoms with van der Waals surface area (Å²) in [5.41, 5.74) is 1.14. The molecule has 0 amide bonds. The molecule has 0 saturated carbocycles. The van der Waals surface area contributed by atoms with Crippen LogP contribution in [0.25, 0.3) is 11.0 Å². The minimum atomic E-state index is -0.677. The SMILES string of the molecule is CCCNC(C)(C#N)Cn1c(CC#N)nc2ccccc21. The first-order chi connectivity index (χ1) is 10.1. The van der Waals surface area contributed by atoms with Crippen LogP contribution >= 0.6 is 0 Å². The Morgan fingerprint density at radius 2 is 2.10 bits per heavy atom. The van der Waals surface area contributed by atoms with Crippen LogP contribution in [0.4, 0.5) is 0 Å². The van der Waals surface area contributed by atoms with Crippen molar-refractivity contribution in [2.24, 2.45) is 0 Å². The van der Waals surface area contributed by atoms with Gasteiger partial charge in [0.2, 0.25) is 0 Å². The summed E-state index contributed by atoms with van der Waals surface area (Å²) >= 11 is 0. The Morgan fingerprint density at radius 1 is 1.33 bits per heavy atom. The summed E-state index contributed by atoms with van der Waals surface area (Å²) in [6.45, 7) is 5.21. The molecule has 108 valence electrons. The van der Waals surface area contributed by atoms with Gasteiger partial charge in [-0.05, 0) is 32.0 Å². The van der Waals surface area contributed by atoms with Gasteiger partial charge in [0.05, 0.1) is 36.1 Å². The van der Waals surface area contributed by atoms with Crippen LogP contribution in [0, 0.1) is 22.7 Å². The number of nitrogens with one attached hydrogen (secondary N) is 1. The Balaban J connectivity index is 2.42. The Morgan fingerprint density at radius 3 is 2.76 bits per heavy atom. The summed E-state index contributed by atoms with van der Waals surface area (Å²) in [4.78, 5) is 4.50. The van der Waals surface area contributed by atoms with E-state index in [1.165, 1.54) is 0 Å². The zero-order chi connectivity index (χ0) is 15.3. The van der Waals surface area contributed by atoms with Crippen LogP contribution in [0.5, 0.6) is 0 Å². The Hall–Kier alpha value is -2.37. The zero-order valence-electron chi connectivity index (χ0n) is 12.4. The standard InChI is InChI=1S/C16H19N5/c1-3-10-19-16(2,11-18)12-21-14-7-5-4-6-13(14)20-15(21)8-9-17/h4-7,19H,3,8,10,12H2,1-2H3. The molecule has 1 atom stereocenters. The van der Waals surface area contributed by atoms with Crippen molar-refractivity contribution in [2.45, 2.75) is 38.8 Å². The lowest BCUT2D eigenvalue weighted by atomic mass is 10.0. The van der Waals surface area contributed by atoms with Gasteiger partial charge >= 0.3 is 0 Å². The number of imidazole rings is 1.